The van der Waals surface area contributed by atoms with E-state index in [4.69, 9.17) is 0 Å². The molecule has 2 N–H and O–H groups in total. The van der Waals surface area contributed by atoms with Crippen molar-refractivity contribution in [3.8, 4) is 0 Å². The minimum absolute atomic E-state index is 0.0377. The zero-order chi connectivity index (χ0) is 27.5. The van der Waals surface area contributed by atoms with Gasteiger partial charge < -0.3 is 10.6 Å². The molecule has 3 aromatic carbocycles. The van der Waals surface area contributed by atoms with Gasteiger partial charge in [0.05, 0.1) is 11.3 Å². The van der Waals surface area contributed by atoms with Gasteiger partial charge in [0.1, 0.15) is 17.2 Å². The predicted octanol–water partition coefficient (Wildman–Crippen LogP) is 7.30. The highest BCUT2D eigenvalue weighted by Gasteiger charge is 2.40. The third-order valence-corrected chi connectivity index (χ3v) is 5.98. The van der Waals surface area contributed by atoms with E-state index in [1.165, 1.54) is 12.1 Å². The second kappa shape index (κ2) is 10.6. The third-order valence-electron chi connectivity index (χ3n) is 5.98. The van der Waals surface area contributed by atoms with Gasteiger partial charge in [-0.3, -0.25) is 4.98 Å². The minimum atomic E-state index is -4.63. The molecule has 2 amide bonds. The lowest BCUT2D eigenvalue weighted by atomic mass is 9.79. The van der Waals surface area contributed by atoms with E-state index in [-0.39, 0.29) is 17.7 Å². The second-order valence-corrected chi connectivity index (χ2v) is 9.05. The predicted molar refractivity (Wildman–Crippen MR) is 135 cm³/mol. The number of nitrogens with one attached hydrogen (secondary N) is 2. The molecule has 1 atom stereocenters. The summed E-state index contributed by atoms with van der Waals surface area (Å²) < 4.78 is 68.8. The molecule has 0 aliphatic rings. The van der Waals surface area contributed by atoms with Crippen LogP contribution in [-0.4, -0.2) is 11.0 Å². The monoisotopic (exact) mass is 525 g/mol. The van der Waals surface area contributed by atoms with E-state index >= 15 is 0 Å². The zero-order valence-electron chi connectivity index (χ0n) is 20.5. The van der Waals surface area contributed by atoms with Crippen LogP contribution in [0, 0.1) is 25.5 Å². The maximum Gasteiger partial charge on any atom is 0.416 e. The van der Waals surface area contributed by atoms with Gasteiger partial charge >= 0.3 is 12.2 Å². The van der Waals surface area contributed by atoms with E-state index in [1.807, 2.05) is 6.92 Å². The number of carbonyl (C=O) groups is 1. The lowest BCUT2D eigenvalue weighted by Crippen LogP contribution is -2.51. The van der Waals surface area contributed by atoms with Gasteiger partial charge in [0.15, 0.2) is 0 Å². The maximum atomic E-state index is 13.8. The summed E-state index contributed by atoms with van der Waals surface area (Å²) in [6, 6.07) is 18.7. The summed E-state index contributed by atoms with van der Waals surface area (Å²) in [7, 11) is 0. The summed E-state index contributed by atoms with van der Waals surface area (Å²) in [5.74, 6) is -1.80. The number of aryl methyl sites for hydroxylation is 2. The van der Waals surface area contributed by atoms with Crippen molar-refractivity contribution in [1.29, 1.82) is 0 Å². The highest BCUT2D eigenvalue weighted by atomic mass is 19.4. The molecule has 0 bridgehead atoms. The average molecular weight is 526 g/mol. The first-order valence-electron chi connectivity index (χ1n) is 11.7. The zero-order valence-corrected chi connectivity index (χ0v) is 20.5. The number of nitrogens with zero attached hydrogens (tertiary/aromatic N) is 1. The first kappa shape index (κ1) is 26.8. The number of alkyl halides is 3. The number of halogens is 5. The van der Waals surface area contributed by atoms with Crippen molar-refractivity contribution >= 4 is 11.7 Å². The van der Waals surface area contributed by atoms with E-state index in [0.717, 1.165) is 29.8 Å². The number of hydrogen-bond donors (Lipinski definition) is 2. The first-order valence-corrected chi connectivity index (χ1v) is 11.7. The summed E-state index contributed by atoms with van der Waals surface area (Å²) in [6.45, 7) is 3.55. The summed E-state index contributed by atoms with van der Waals surface area (Å²) >= 11 is 0. The Hall–Kier alpha value is -4.27. The molecule has 0 saturated heterocycles. The van der Waals surface area contributed by atoms with Gasteiger partial charge in [0, 0.05) is 23.9 Å². The standard InChI is InChI=1S/C29H24F5N3O/c1-18-11-19(2)35-26(12-18)28(17-20-7-4-3-5-8-20,21-9-6-10-22(13-21)29(32,33)34)37-27(38)36-25-15-23(30)14-24(31)16-25/h3-16H,17H2,1-2H3,(H2,36,37,38). The third kappa shape index (κ3) is 6.16. The van der Waals surface area contributed by atoms with E-state index in [0.29, 0.717) is 23.0 Å². The topological polar surface area (TPSA) is 54.0 Å². The van der Waals surface area contributed by atoms with Crippen LogP contribution in [0.3, 0.4) is 0 Å². The molecule has 1 aromatic heterocycles. The fraction of sp³-hybridized carbons (Fsp3) is 0.172. The van der Waals surface area contributed by atoms with Gasteiger partial charge in [-0.1, -0.05) is 42.5 Å². The molecule has 38 heavy (non-hydrogen) atoms. The smallest absolute Gasteiger partial charge is 0.322 e. The summed E-state index contributed by atoms with van der Waals surface area (Å²) in [4.78, 5) is 17.9. The highest BCUT2D eigenvalue weighted by Crippen LogP contribution is 2.37. The van der Waals surface area contributed by atoms with Gasteiger partial charge in [-0.15, -0.1) is 0 Å². The van der Waals surface area contributed by atoms with Crippen LogP contribution in [0.25, 0.3) is 0 Å². The van der Waals surface area contributed by atoms with E-state index < -0.39 is 34.9 Å². The fourth-order valence-electron chi connectivity index (χ4n) is 4.43. The van der Waals surface area contributed by atoms with Crippen molar-refractivity contribution < 1.29 is 26.7 Å². The summed E-state index contributed by atoms with van der Waals surface area (Å²) in [5.41, 5.74) is -0.117. The van der Waals surface area contributed by atoms with Crippen LogP contribution in [0.2, 0.25) is 0 Å². The number of aromatic nitrogens is 1. The van der Waals surface area contributed by atoms with E-state index in [9.17, 15) is 26.7 Å². The molecule has 1 heterocycles. The van der Waals surface area contributed by atoms with Gasteiger partial charge in [0.2, 0.25) is 0 Å². The molecule has 1 unspecified atom stereocenters. The molecule has 0 aliphatic heterocycles. The largest absolute Gasteiger partial charge is 0.416 e. The van der Waals surface area contributed by atoms with E-state index in [1.54, 1.807) is 49.4 Å². The molecule has 196 valence electrons. The molecule has 0 saturated carbocycles. The molecule has 0 aliphatic carbocycles. The summed E-state index contributed by atoms with van der Waals surface area (Å²) in [5, 5.41) is 5.21. The van der Waals surface area contributed by atoms with Crippen molar-refractivity contribution in [3.05, 3.63) is 130 Å². The van der Waals surface area contributed by atoms with Crippen LogP contribution in [0.1, 0.15) is 33.6 Å². The molecule has 4 rings (SSSR count). The van der Waals surface area contributed by atoms with Crippen molar-refractivity contribution in [1.82, 2.24) is 10.3 Å². The van der Waals surface area contributed by atoms with Crippen molar-refractivity contribution in [2.24, 2.45) is 0 Å². The molecule has 4 nitrogen and oxygen atoms in total. The molecule has 0 spiro atoms. The second-order valence-electron chi connectivity index (χ2n) is 9.05. The van der Waals surface area contributed by atoms with Crippen LogP contribution >= 0.6 is 0 Å². The fourth-order valence-corrected chi connectivity index (χ4v) is 4.43. The molecule has 0 fully saturated rings. The number of urea groups is 1. The highest BCUT2D eigenvalue weighted by molar-refractivity contribution is 5.90. The Morgan fingerprint density at radius 1 is 0.816 bits per heavy atom. The van der Waals surface area contributed by atoms with Crippen LogP contribution in [0.5, 0.6) is 0 Å². The van der Waals surface area contributed by atoms with Crippen molar-refractivity contribution in [2.75, 3.05) is 5.32 Å². The Morgan fingerprint density at radius 2 is 1.47 bits per heavy atom. The quantitative estimate of drug-likeness (QED) is 0.260. The first-order chi connectivity index (χ1) is 17.9. The molecule has 0 radical (unpaired) electrons. The van der Waals surface area contributed by atoms with Crippen LogP contribution in [0.4, 0.5) is 32.4 Å². The SMILES string of the molecule is Cc1cc(C)nc(C(Cc2ccccc2)(NC(=O)Nc2cc(F)cc(F)c2)c2cccc(C(F)(F)F)c2)c1. The van der Waals surface area contributed by atoms with Gasteiger partial charge in [-0.2, -0.15) is 13.2 Å². The Morgan fingerprint density at radius 3 is 2.11 bits per heavy atom. The Kier molecular flexibility index (Phi) is 7.48. The van der Waals surface area contributed by atoms with Gasteiger partial charge in [0.25, 0.3) is 0 Å². The Labute approximate surface area is 216 Å². The number of pyridine rings is 1. The number of rotatable bonds is 6. The van der Waals surface area contributed by atoms with Gasteiger partial charge in [-0.05, 0) is 66.9 Å². The molecule has 9 heteroatoms. The number of amides is 2. The lowest BCUT2D eigenvalue weighted by molar-refractivity contribution is -0.137. The number of anilines is 1. The van der Waals surface area contributed by atoms with Crippen molar-refractivity contribution in [2.45, 2.75) is 32.0 Å². The summed E-state index contributed by atoms with van der Waals surface area (Å²) in [6.07, 6.45) is -4.60. The van der Waals surface area contributed by atoms with Crippen molar-refractivity contribution in [3.63, 3.8) is 0 Å². The minimum Gasteiger partial charge on any atom is -0.322 e. The molecular weight excluding hydrogens is 501 g/mol. The lowest BCUT2D eigenvalue weighted by Gasteiger charge is -2.36. The maximum absolute atomic E-state index is 13.8. The number of benzene rings is 3. The molecular formula is C29H24F5N3O. The molecule has 4 aromatic rings. The normalized spacial score (nSPS) is 13.0. The number of carbonyl (C=O) groups excluding carboxylic acids is 1. The number of hydrogen-bond acceptors (Lipinski definition) is 2. The average Bonchev–Trinajstić information content (AvgIpc) is 2.82. The van der Waals surface area contributed by atoms with Crippen LogP contribution in [-0.2, 0) is 18.1 Å². The Bertz CT molecular complexity index is 1420. The van der Waals surface area contributed by atoms with Crippen LogP contribution in [0.15, 0.2) is 84.9 Å². The van der Waals surface area contributed by atoms with Gasteiger partial charge in [-0.25, -0.2) is 13.6 Å². The van der Waals surface area contributed by atoms with Crippen LogP contribution < -0.4 is 10.6 Å². The van der Waals surface area contributed by atoms with E-state index in [2.05, 4.69) is 15.6 Å². The Balaban J connectivity index is 1.91.